The summed E-state index contributed by atoms with van der Waals surface area (Å²) in [5.74, 6) is -3.15. The first kappa shape index (κ1) is 24.0. The summed E-state index contributed by atoms with van der Waals surface area (Å²) < 4.78 is 5.25. The van der Waals surface area contributed by atoms with Gasteiger partial charge in [-0.15, -0.1) is 0 Å². The standard InChI is InChI=1S/C25H22Cl2N2O5/c26-16-10-11-20(19(27)13-16)28-22(30)14-34-25(33)21(12-15-6-2-1-3-7-15)29-23(31)17-8-4-5-9-18(17)24(29)32/h1-7,10-11,13,17-18,21H,8-9,12,14H2,(H,28,30)/t17-,18+,21-/m0/s1. The molecular weight excluding hydrogens is 479 g/mol. The van der Waals surface area contributed by atoms with E-state index in [0.717, 1.165) is 10.5 Å². The lowest BCUT2D eigenvalue weighted by molar-refractivity contribution is -0.159. The van der Waals surface area contributed by atoms with Gasteiger partial charge in [-0.05, 0) is 36.6 Å². The minimum absolute atomic E-state index is 0.0919. The molecule has 1 aliphatic heterocycles. The normalized spacial score (nSPS) is 20.1. The molecule has 176 valence electrons. The van der Waals surface area contributed by atoms with Crippen LogP contribution in [0.2, 0.25) is 10.0 Å². The van der Waals surface area contributed by atoms with Gasteiger partial charge in [-0.3, -0.25) is 19.3 Å². The minimum atomic E-state index is -1.17. The van der Waals surface area contributed by atoms with Gasteiger partial charge in [0.1, 0.15) is 6.04 Å². The molecule has 2 aliphatic rings. The van der Waals surface area contributed by atoms with Crippen LogP contribution in [0.15, 0.2) is 60.7 Å². The van der Waals surface area contributed by atoms with E-state index < -0.39 is 36.4 Å². The molecule has 0 spiro atoms. The van der Waals surface area contributed by atoms with Crippen molar-refractivity contribution < 1.29 is 23.9 Å². The molecule has 2 aromatic carbocycles. The monoisotopic (exact) mass is 500 g/mol. The number of fused-ring (bicyclic) bond motifs is 1. The lowest BCUT2D eigenvalue weighted by Crippen LogP contribution is -2.48. The number of carbonyl (C=O) groups is 4. The van der Waals surface area contributed by atoms with E-state index in [-0.39, 0.29) is 23.3 Å². The molecule has 0 bridgehead atoms. The second kappa shape index (κ2) is 10.4. The maximum Gasteiger partial charge on any atom is 0.330 e. The van der Waals surface area contributed by atoms with Crippen molar-refractivity contribution in [1.82, 2.24) is 4.90 Å². The Morgan fingerprint density at radius 1 is 1.00 bits per heavy atom. The fraction of sp³-hybridized carbons (Fsp3) is 0.280. The Hall–Kier alpha value is -3.16. The van der Waals surface area contributed by atoms with E-state index >= 15 is 0 Å². The summed E-state index contributed by atoms with van der Waals surface area (Å²) in [7, 11) is 0. The molecule has 34 heavy (non-hydrogen) atoms. The van der Waals surface area contributed by atoms with Crippen LogP contribution in [0.3, 0.4) is 0 Å². The number of imide groups is 1. The van der Waals surface area contributed by atoms with Crippen molar-refractivity contribution in [2.75, 3.05) is 11.9 Å². The third kappa shape index (κ3) is 5.16. The highest BCUT2D eigenvalue weighted by Crippen LogP contribution is 2.36. The number of benzene rings is 2. The number of anilines is 1. The summed E-state index contributed by atoms with van der Waals surface area (Å²) in [6.07, 6.45) is 4.78. The minimum Gasteiger partial charge on any atom is -0.454 e. The van der Waals surface area contributed by atoms with Crippen molar-refractivity contribution in [3.05, 3.63) is 76.3 Å². The molecular formula is C25H22Cl2N2O5. The number of esters is 1. The molecule has 0 unspecified atom stereocenters. The van der Waals surface area contributed by atoms with E-state index in [0.29, 0.717) is 23.6 Å². The molecule has 1 aliphatic carbocycles. The largest absolute Gasteiger partial charge is 0.454 e. The van der Waals surface area contributed by atoms with Gasteiger partial charge in [0.15, 0.2) is 6.61 Å². The summed E-state index contributed by atoms with van der Waals surface area (Å²) in [5, 5.41) is 3.19. The van der Waals surface area contributed by atoms with Gasteiger partial charge < -0.3 is 10.1 Å². The Morgan fingerprint density at radius 2 is 1.65 bits per heavy atom. The van der Waals surface area contributed by atoms with Gasteiger partial charge >= 0.3 is 5.97 Å². The Labute approximate surface area is 206 Å². The van der Waals surface area contributed by atoms with Crippen molar-refractivity contribution in [2.24, 2.45) is 11.8 Å². The van der Waals surface area contributed by atoms with E-state index in [1.165, 1.54) is 12.1 Å². The van der Waals surface area contributed by atoms with Crippen LogP contribution in [0.4, 0.5) is 5.69 Å². The number of carbonyl (C=O) groups excluding carboxylic acids is 4. The van der Waals surface area contributed by atoms with Crippen LogP contribution in [-0.4, -0.2) is 41.2 Å². The quantitative estimate of drug-likeness (QED) is 0.351. The SMILES string of the molecule is O=C(COC(=O)[C@H](Cc1ccccc1)N1C(=O)[C@H]2CC=CC[C@H]2C1=O)Nc1ccc(Cl)cc1Cl. The molecule has 1 N–H and O–H groups in total. The van der Waals surface area contributed by atoms with Crippen LogP contribution in [0.1, 0.15) is 18.4 Å². The highest BCUT2D eigenvalue weighted by atomic mass is 35.5. The Kier molecular flexibility index (Phi) is 7.34. The number of nitrogens with zero attached hydrogens (tertiary/aromatic N) is 1. The molecule has 1 heterocycles. The zero-order valence-electron chi connectivity index (χ0n) is 18.1. The smallest absolute Gasteiger partial charge is 0.330 e. The molecule has 0 aromatic heterocycles. The number of likely N-dealkylation sites (tertiary alicyclic amines) is 1. The highest BCUT2D eigenvalue weighted by molar-refractivity contribution is 6.36. The number of amides is 3. The van der Waals surface area contributed by atoms with Crippen LogP contribution in [0.25, 0.3) is 0 Å². The summed E-state index contributed by atoms with van der Waals surface area (Å²) in [4.78, 5) is 52.7. The van der Waals surface area contributed by atoms with Gasteiger partial charge in [0.2, 0.25) is 11.8 Å². The van der Waals surface area contributed by atoms with E-state index in [1.54, 1.807) is 30.3 Å². The summed E-state index contributed by atoms with van der Waals surface area (Å²) in [6, 6.07) is 12.4. The predicted octanol–water partition coefficient (Wildman–Crippen LogP) is 4.04. The number of hydrogen-bond donors (Lipinski definition) is 1. The molecule has 3 atom stereocenters. The van der Waals surface area contributed by atoms with Crippen LogP contribution in [-0.2, 0) is 30.3 Å². The number of rotatable bonds is 7. The first-order valence-electron chi connectivity index (χ1n) is 10.8. The van der Waals surface area contributed by atoms with Gasteiger partial charge in [-0.2, -0.15) is 0 Å². The maximum absolute atomic E-state index is 13.1. The Bertz CT molecular complexity index is 1130. The molecule has 0 radical (unpaired) electrons. The van der Waals surface area contributed by atoms with Crippen LogP contribution < -0.4 is 5.32 Å². The fourth-order valence-electron chi connectivity index (χ4n) is 4.26. The number of halogens is 2. The van der Waals surface area contributed by atoms with Gasteiger partial charge in [0.05, 0.1) is 22.5 Å². The molecule has 1 fully saturated rings. The first-order chi connectivity index (χ1) is 16.3. The molecule has 9 heteroatoms. The van der Waals surface area contributed by atoms with E-state index in [2.05, 4.69) is 5.32 Å². The lowest BCUT2D eigenvalue weighted by Gasteiger charge is -2.25. The summed E-state index contributed by atoms with van der Waals surface area (Å²) in [6.45, 7) is -0.603. The van der Waals surface area contributed by atoms with Gasteiger partial charge in [-0.25, -0.2) is 4.79 Å². The number of nitrogens with one attached hydrogen (secondary N) is 1. The summed E-state index contributed by atoms with van der Waals surface area (Å²) >= 11 is 11.9. The molecule has 4 rings (SSSR count). The number of hydrogen-bond acceptors (Lipinski definition) is 5. The van der Waals surface area contributed by atoms with Crippen molar-refractivity contribution in [3.63, 3.8) is 0 Å². The van der Waals surface area contributed by atoms with Crippen LogP contribution in [0, 0.1) is 11.8 Å². The Balaban J connectivity index is 1.48. The zero-order valence-corrected chi connectivity index (χ0v) is 19.6. The lowest BCUT2D eigenvalue weighted by atomic mass is 9.85. The number of ether oxygens (including phenoxy) is 1. The summed E-state index contributed by atoms with van der Waals surface area (Å²) in [5.41, 5.74) is 1.07. The van der Waals surface area contributed by atoms with Crippen molar-refractivity contribution in [1.29, 1.82) is 0 Å². The van der Waals surface area contributed by atoms with Gasteiger partial charge in [0.25, 0.3) is 5.91 Å². The predicted molar refractivity (Wildman–Crippen MR) is 127 cm³/mol. The maximum atomic E-state index is 13.1. The van der Waals surface area contributed by atoms with Gasteiger partial charge in [-0.1, -0.05) is 65.7 Å². The van der Waals surface area contributed by atoms with E-state index in [9.17, 15) is 19.2 Å². The van der Waals surface area contributed by atoms with Crippen molar-refractivity contribution >= 4 is 52.6 Å². The molecule has 2 aromatic rings. The molecule has 1 saturated heterocycles. The second-order valence-corrected chi connectivity index (χ2v) is 9.03. The molecule has 3 amide bonds. The average molecular weight is 501 g/mol. The first-order valence-corrected chi connectivity index (χ1v) is 11.6. The van der Waals surface area contributed by atoms with Crippen LogP contribution >= 0.6 is 23.2 Å². The van der Waals surface area contributed by atoms with Crippen molar-refractivity contribution in [2.45, 2.75) is 25.3 Å². The fourth-order valence-corrected chi connectivity index (χ4v) is 4.72. The van der Waals surface area contributed by atoms with Gasteiger partial charge in [0, 0.05) is 11.4 Å². The number of allylic oxidation sites excluding steroid dienone is 2. The molecule has 7 nitrogen and oxygen atoms in total. The third-order valence-electron chi connectivity index (χ3n) is 5.95. The Morgan fingerprint density at radius 3 is 2.26 bits per heavy atom. The second-order valence-electron chi connectivity index (χ2n) is 8.19. The highest BCUT2D eigenvalue weighted by Gasteiger charge is 2.51. The van der Waals surface area contributed by atoms with E-state index in [1.807, 2.05) is 18.2 Å². The third-order valence-corrected chi connectivity index (χ3v) is 6.50. The van der Waals surface area contributed by atoms with E-state index in [4.69, 9.17) is 27.9 Å². The van der Waals surface area contributed by atoms with Crippen LogP contribution in [0.5, 0.6) is 0 Å². The molecule has 0 saturated carbocycles. The topological polar surface area (TPSA) is 92.8 Å². The van der Waals surface area contributed by atoms with Crippen molar-refractivity contribution in [3.8, 4) is 0 Å². The average Bonchev–Trinajstić information content (AvgIpc) is 3.08. The zero-order chi connectivity index (χ0) is 24.2.